The molecule has 13 nitrogen and oxygen atoms in total. The molecule has 4 aromatic rings. The Balaban J connectivity index is 0.000000166. The van der Waals surface area contributed by atoms with Crippen LogP contribution in [0.5, 0.6) is 11.5 Å². The topological polar surface area (TPSA) is 171 Å². The van der Waals surface area contributed by atoms with E-state index in [2.05, 4.69) is 68.7 Å². The van der Waals surface area contributed by atoms with Gasteiger partial charge in [-0.25, -0.2) is 9.98 Å². The highest BCUT2D eigenvalue weighted by molar-refractivity contribution is 14.1. The predicted octanol–water partition coefficient (Wildman–Crippen LogP) is 14.9. The van der Waals surface area contributed by atoms with Gasteiger partial charge in [0.1, 0.15) is 46.6 Å². The Morgan fingerprint density at radius 3 is 1.54 bits per heavy atom. The molecule has 11 rings (SSSR count). The molecule has 0 aromatic heterocycles. The number of benzene rings is 4. The Hall–Kier alpha value is -4.20. The van der Waals surface area contributed by atoms with Gasteiger partial charge in [-0.05, 0) is 114 Å². The average molecular weight is 1230 g/mol. The van der Waals surface area contributed by atoms with Gasteiger partial charge in [0.25, 0.3) is 11.8 Å². The van der Waals surface area contributed by atoms with E-state index in [1.165, 1.54) is 83.5 Å². The summed E-state index contributed by atoms with van der Waals surface area (Å²) in [6.45, 7) is 1.47. The van der Waals surface area contributed by atoms with E-state index in [4.69, 9.17) is 30.7 Å². The van der Waals surface area contributed by atoms with Gasteiger partial charge >= 0.3 is 0 Å². The minimum absolute atomic E-state index is 0.0193. The van der Waals surface area contributed by atoms with Crippen LogP contribution in [0.1, 0.15) is 144 Å². The maximum Gasteiger partial charge on any atom is 0.262 e. The Bertz CT molecular complexity index is 2630. The number of amidine groups is 1. The number of amides is 2. The first-order valence-electron chi connectivity index (χ1n) is 25.7. The van der Waals surface area contributed by atoms with Crippen molar-refractivity contribution in [3.63, 3.8) is 0 Å². The van der Waals surface area contributed by atoms with E-state index in [0.717, 1.165) is 73.2 Å². The number of thioether (sulfide) groups is 1. The number of hydrogen-bond acceptors (Lipinski definition) is 10. The molecule has 7 aliphatic rings. The lowest BCUT2D eigenvalue weighted by atomic mass is 9.80. The van der Waals surface area contributed by atoms with E-state index in [-0.39, 0.29) is 24.0 Å². The number of ether oxygens (including phenoxy) is 2. The van der Waals surface area contributed by atoms with Gasteiger partial charge in [-0.3, -0.25) is 19.4 Å². The number of aliphatic imine (C=N–C) groups is 2. The molecule has 3 saturated carbocycles. The van der Waals surface area contributed by atoms with Gasteiger partial charge in [0.15, 0.2) is 22.2 Å². The quantitative estimate of drug-likeness (QED) is 0.0959. The van der Waals surface area contributed by atoms with Crippen molar-refractivity contribution < 1.29 is 19.1 Å². The molecule has 72 heavy (non-hydrogen) atoms. The normalized spacial score (nSPS) is 25.4. The van der Waals surface area contributed by atoms with Crippen molar-refractivity contribution in [1.82, 2.24) is 9.80 Å². The van der Waals surface area contributed by atoms with Crippen LogP contribution in [0.3, 0.4) is 0 Å². The molecule has 4 heterocycles. The van der Waals surface area contributed by atoms with Gasteiger partial charge in [0, 0.05) is 51.8 Å². The number of nitrogens with one attached hydrogen (secondary N) is 1. The summed E-state index contributed by atoms with van der Waals surface area (Å²) in [7, 11) is 0. The molecule has 380 valence electrons. The summed E-state index contributed by atoms with van der Waals surface area (Å²) in [6.07, 6.45) is 19.5. The predicted molar refractivity (Wildman–Crippen MR) is 299 cm³/mol. The maximum absolute atomic E-state index is 14.6. The first-order valence-corrected chi connectivity index (χ1v) is 29.3. The second-order valence-electron chi connectivity index (χ2n) is 20.2. The van der Waals surface area contributed by atoms with Crippen molar-refractivity contribution >= 4 is 89.4 Å². The second-order valence-corrected chi connectivity index (χ2v) is 23.5. The van der Waals surface area contributed by atoms with Crippen molar-refractivity contribution in [2.24, 2.45) is 47.2 Å². The zero-order chi connectivity index (χ0) is 50.1. The zero-order valence-corrected chi connectivity index (χ0v) is 46.8. The third kappa shape index (κ3) is 11.8. The van der Waals surface area contributed by atoms with Gasteiger partial charge in [-0.15, -0.1) is 0 Å². The molecule has 0 saturated heterocycles. The molecule has 2 spiro atoms. The highest BCUT2D eigenvalue weighted by Gasteiger charge is 2.56. The number of hydrogen-bond donors (Lipinski definition) is 2. The molecule has 4 aliphatic heterocycles. The van der Waals surface area contributed by atoms with Crippen molar-refractivity contribution in [1.29, 1.82) is 5.53 Å². The minimum atomic E-state index is -1.03. The maximum atomic E-state index is 14.6. The number of nitrogens with two attached hydrogens (primary N) is 1. The number of fused-ring (bicyclic) bond motifs is 4. The molecule has 3 fully saturated rings. The van der Waals surface area contributed by atoms with Crippen LogP contribution in [0.2, 0.25) is 0 Å². The molecule has 0 radical (unpaired) electrons. The molecule has 4 unspecified atom stereocenters. The highest BCUT2D eigenvalue weighted by atomic mass is 127. The molecule has 17 heteroatoms. The molecule has 3 N–H and O–H groups in total. The standard InChI is InChI=1S/C31H37BrN2O2S.C24H26BrN3O2.HIN4/c32-25-16-17-27-26(18-25)31(19-28(36-27)24-14-8-3-9-15-24)29(35)34(20-22-10-4-1-5-11-22)30(33-31)37-21-23-12-6-2-7-13-23;25-18-11-12-20-19(13-18)24(14-21(30-20)17-9-5-2-6-10-17)22(29)28(23(26)27-24)15-16-7-3-1-4-8-16;1-3-5-4-2/h3,8-9,14-18,22-23,28H,1-2,4-7,10-13,19-21H2;2,5-6,9-13,16,21H,1,3-4,7-8,14-15H2,(H2,26,27);2H. The number of halogens is 3. The Morgan fingerprint density at radius 2 is 1.08 bits per heavy atom. The first kappa shape index (κ1) is 52.7. The molecular formula is C55H64Br2IN9O4S. The number of guanidine groups is 1. The lowest BCUT2D eigenvalue weighted by molar-refractivity contribution is -0.134. The largest absolute Gasteiger partial charge is 0.485 e. The second kappa shape index (κ2) is 24.4. The van der Waals surface area contributed by atoms with Crippen LogP contribution >= 0.6 is 66.5 Å². The number of nitrogens with zero attached hydrogens (tertiary/aromatic N) is 7. The van der Waals surface area contributed by atoms with Crippen LogP contribution < -0.4 is 15.2 Å². The summed E-state index contributed by atoms with van der Waals surface area (Å²) in [4.78, 5) is 42.5. The van der Waals surface area contributed by atoms with Crippen molar-refractivity contribution in [2.45, 2.75) is 132 Å². The van der Waals surface area contributed by atoms with E-state index in [9.17, 15) is 9.59 Å². The first-order chi connectivity index (χ1) is 35.1. The monoisotopic (exact) mass is 1230 g/mol. The third-order valence-corrected chi connectivity index (χ3v) is 17.9. The van der Waals surface area contributed by atoms with E-state index in [1.54, 1.807) is 27.8 Å². The fraction of sp³-hybridized carbons (Fsp3) is 0.491. The molecule has 4 atom stereocenters. The fourth-order valence-corrected chi connectivity index (χ4v) is 13.9. The van der Waals surface area contributed by atoms with Crippen molar-refractivity contribution in [3.8, 4) is 11.5 Å². The van der Waals surface area contributed by atoms with Gasteiger partial charge in [0.2, 0.25) is 0 Å². The van der Waals surface area contributed by atoms with Gasteiger partial charge in [0.05, 0.1) is 0 Å². The third-order valence-electron chi connectivity index (χ3n) is 15.5. The number of rotatable bonds is 9. The summed E-state index contributed by atoms with van der Waals surface area (Å²) in [5.74, 6) is 4.80. The van der Waals surface area contributed by atoms with Crippen LogP contribution in [-0.2, 0) is 20.7 Å². The smallest absolute Gasteiger partial charge is 0.262 e. The molecular weight excluding hydrogens is 1170 g/mol. The van der Waals surface area contributed by atoms with Crippen LogP contribution in [-0.4, -0.2) is 51.6 Å². The fourth-order valence-electron chi connectivity index (χ4n) is 11.8. The lowest BCUT2D eigenvalue weighted by Gasteiger charge is -2.37. The highest BCUT2D eigenvalue weighted by Crippen LogP contribution is 2.53. The summed E-state index contributed by atoms with van der Waals surface area (Å²) >= 11 is 10.7. The van der Waals surface area contributed by atoms with Crippen molar-refractivity contribution in [2.75, 3.05) is 18.8 Å². The molecule has 2 amide bonds. The summed E-state index contributed by atoms with van der Waals surface area (Å²) in [5, 5.41) is 6.38. The van der Waals surface area contributed by atoms with Crippen LogP contribution in [0, 0.1) is 23.3 Å². The molecule has 3 aliphatic carbocycles. The number of carbonyl (C=O) groups is 2. The lowest BCUT2D eigenvalue weighted by Crippen LogP contribution is -2.47. The Morgan fingerprint density at radius 1 is 0.639 bits per heavy atom. The van der Waals surface area contributed by atoms with E-state index >= 15 is 0 Å². The van der Waals surface area contributed by atoms with Gasteiger partial charge in [-0.1, -0.05) is 165 Å². The summed E-state index contributed by atoms with van der Waals surface area (Å²) in [5.41, 5.74) is 14.2. The van der Waals surface area contributed by atoms with Crippen LogP contribution in [0.4, 0.5) is 0 Å². The SMILES string of the molecule is N=NN=NI.NC1=NC2(CC(c3ccccc3)Oc3ccc(Br)cc32)C(=O)N1CC1CCCCC1.O=C1N(CC2CCCCC2)C(SCC2CCCCC2)=NC12CC(c1ccccc1)Oc1ccc(Br)cc12. The number of carbonyl (C=O) groups excluding carboxylic acids is 2. The van der Waals surface area contributed by atoms with E-state index in [1.807, 2.05) is 90.6 Å². The van der Waals surface area contributed by atoms with Crippen LogP contribution in [0.25, 0.3) is 0 Å². The Kier molecular flexibility index (Phi) is 17.9. The summed E-state index contributed by atoms with van der Waals surface area (Å²) in [6, 6.07) is 32.2. The van der Waals surface area contributed by atoms with Crippen LogP contribution in [0.15, 0.2) is 130 Å². The van der Waals surface area contributed by atoms with Gasteiger partial charge < -0.3 is 15.2 Å². The Labute approximate surface area is 458 Å². The van der Waals surface area contributed by atoms with E-state index in [0.29, 0.717) is 42.9 Å². The summed E-state index contributed by atoms with van der Waals surface area (Å²) < 4.78 is 17.8. The minimum Gasteiger partial charge on any atom is -0.485 e. The van der Waals surface area contributed by atoms with Gasteiger partial charge in [-0.2, -0.15) is 5.53 Å². The molecule has 0 bridgehead atoms. The van der Waals surface area contributed by atoms with E-state index < -0.39 is 11.1 Å². The molecule has 4 aromatic carbocycles. The average Bonchev–Trinajstić information content (AvgIpc) is 3.80. The zero-order valence-electron chi connectivity index (χ0n) is 40.6. The van der Waals surface area contributed by atoms with Crippen molar-refractivity contribution in [3.05, 3.63) is 128 Å².